The molecule has 0 aliphatic carbocycles. The molecular weight excluding hydrogens is 286 g/mol. The van der Waals surface area contributed by atoms with Gasteiger partial charge in [0.25, 0.3) is 11.8 Å². The van der Waals surface area contributed by atoms with Crippen molar-refractivity contribution >= 4 is 23.6 Å². The van der Waals surface area contributed by atoms with Gasteiger partial charge in [0.1, 0.15) is 0 Å². The number of hydrogen-bond donors (Lipinski definition) is 2. The average Bonchev–Trinajstić information content (AvgIpc) is 2.72. The van der Waals surface area contributed by atoms with E-state index >= 15 is 0 Å². The number of nitrogens with zero attached hydrogens (tertiary/aromatic N) is 1. The zero-order chi connectivity index (χ0) is 16.1. The van der Waals surface area contributed by atoms with Gasteiger partial charge in [-0.25, -0.2) is 0 Å². The molecule has 116 valence electrons. The van der Waals surface area contributed by atoms with Crippen LogP contribution in [0.3, 0.4) is 0 Å². The zero-order valence-electron chi connectivity index (χ0n) is 12.0. The summed E-state index contributed by atoms with van der Waals surface area (Å²) >= 11 is 0. The van der Waals surface area contributed by atoms with Gasteiger partial charge in [-0.05, 0) is 18.6 Å². The summed E-state index contributed by atoms with van der Waals surface area (Å²) in [4.78, 5) is 47.3. The second-order valence-corrected chi connectivity index (χ2v) is 4.98. The molecule has 0 spiro atoms. The third kappa shape index (κ3) is 3.49. The van der Waals surface area contributed by atoms with Crippen LogP contribution in [0.4, 0.5) is 0 Å². The molecule has 1 heterocycles. The Morgan fingerprint density at radius 1 is 1.05 bits per heavy atom. The summed E-state index contributed by atoms with van der Waals surface area (Å²) in [5.41, 5.74) is 5.76. The highest BCUT2D eigenvalue weighted by Crippen LogP contribution is 2.21. The van der Waals surface area contributed by atoms with Crippen molar-refractivity contribution in [2.75, 3.05) is 13.1 Å². The molecule has 1 aromatic carbocycles. The molecular formula is C15H17N3O4. The van der Waals surface area contributed by atoms with E-state index in [4.69, 9.17) is 5.73 Å². The fourth-order valence-electron chi connectivity index (χ4n) is 2.26. The summed E-state index contributed by atoms with van der Waals surface area (Å²) in [5, 5.41) is 2.61. The Kier molecular flexibility index (Phi) is 4.88. The van der Waals surface area contributed by atoms with Crippen molar-refractivity contribution in [3.63, 3.8) is 0 Å². The number of fused-ring (bicyclic) bond motifs is 1. The first kappa shape index (κ1) is 15.7. The van der Waals surface area contributed by atoms with Crippen LogP contribution in [0.5, 0.6) is 0 Å². The van der Waals surface area contributed by atoms with Crippen molar-refractivity contribution < 1.29 is 19.2 Å². The van der Waals surface area contributed by atoms with Gasteiger partial charge < -0.3 is 11.1 Å². The van der Waals surface area contributed by atoms with E-state index in [2.05, 4.69) is 5.32 Å². The molecule has 0 aromatic heterocycles. The van der Waals surface area contributed by atoms with Crippen LogP contribution in [0.25, 0.3) is 0 Å². The van der Waals surface area contributed by atoms with Crippen LogP contribution in [0.2, 0.25) is 0 Å². The van der Waals surface area contributed by atoms with Gasteiger partial charge in [0, 0.05) is 25.9 Å². The Balaban J connectivity index is 1.79. The lowest BCUT2D eigenvalue weighted by Gasteiger charge is -2.14. The molecule has 0 saturated heterocycles. The Bertz CT molecular complexity index is 592. The summed E-state index contributed by atoms with van der Waals surface area (Å²) in [5.74, 6) is -1.37. The third-order valence-corrected chi connectivity index (χ3v) is 3.36. The Morgan fingerprint density at radius 3 is 2.18 bits per heavy atom. The summed E-state index contributed by atoms with van der Waals surface area (Å²) in [6.07, 6.45) is 0.727. The topological polar surface area (TPSA) is 110 Å². The van der Waals surface area contributed by atoms with E-state index in [9.17, 15) is 19.2 Å². The predicted molar refractivity (Wildman–Crippen MR) is 77.9 cm³/mol. The molecule has 22 heavy (non-hydrogen) atoms. The highest BCUT2D eigenvalue weighted by molar-refractivity contribution is 6.21. The van der Waals surface area contributed by atoms with Crippen LogP contribution >= 0.6 is 0 Å². The summed E-state index contributed by atoms with van der Waals surface area (Å²) in [7, 11) is 0. The van der Waals surface area contributed by atoms with Crippen molar-refractivity contribution in [2.45, 2.75) is 19.3 Å². The van der Waals surface area contributed by atoms with Gasteiger partial charge in [-0.2, -0.15) is 0 Å². The third-order valence-electron chi connectivity index (χ3n) is 3.36. The molecule has 1 aromatic rings. The number of primary amides is 1. The van der Waals surface area contributed by atoms with E-state index in [0.29, 0.717) is 17.5 Å². The first-order chi connectivity index (χ1) is 10.5. The van der Waals surface area contributed by atoms with Crippen LogP contribution in [0.1, 0.15) is 40.0 Å². The number of carbonyl (C=O) groups excluding carboxylic acids is 4. The van der Waals surface area contributed by atoms with E-state index in [0.717, 1.165) is 4.90 Å². The van der Waals surface area contributed by atoms with Crippen molar-refractivity contribution in [2.24, 2.45) is 5.73 Å². The average molecular weight is 303 g/mol. The van der Waals surface area contributed by atoms with Crippen LogP contribution in [-0.4, -0.2) is 41.6 Å². The maximum Gasteiger partial charge on any atom is 0.261 e. The summed E-state index contributed by atoms with van der Waals surface area (Å²) in [6.45, 7) is 0.300. The molecule has 0 radical (unpaired) electrons. The molecule has 7 nitrogen and oxygen atoms in total. The smallest absolute Gasteiger partial charge is 0.261 e. The molecule has 0 unspecified atom stereocenters. The van der Waals surface area contributed by atoms with E-state index in [-0.39, 0.29) is 43.7 Å². The van der Waals surface area contributed by atoms with Crippen molar-refractivity contribution in [3.8, 4) is 0 Å². The second-order valence-electron chi connectivity index (χ2n) is 4.98. The van der Waals surface area contributed by atoms with Gasteiger partial charge in [-0.15, -0.1) is 0 Å². The Hall–Kier alpha value is -2.70. The number of imide groups is 1. The lowest BCUT2D eigenvalue weighted by Crippen LogP contribution is -2.38. The number of nitrogens with one attached hydrogen (secondary N) is 1. The predicted octanol–water partition coefficient (Wildman–Crippen LogP) is 0.0544. The first-order valence-electron chi connectivity index (χ1n) is 7.01. The molecule has 0 saturated carbocycles. The molecule has 4 amide bonds. The van der Waals surface area contributed by atoms with Crippen LogP contribution in [0.15, 0.2) is 24.3 Å². The molecule has 7 heteroatoms. The number of benzene rings is 1. The normalized spacial score (nSPS) is 13.2. The number of nitrogens with two attached hydrogens (primary N) is 1. The van der Waals surface area contributed by atoms with Gasteiger partial charge in [0.05, 0.1) is 11.1 Å². The number of rotatable bonds is 7. The quantitative estimate of drug-likeness (QED) is 0.694. The highest BCUT2D eigenvalue weighted by atomic mass is 16.2. The fraction of sp³-hybridized carbons (Fsp3) is 0.333. The Morgan fingerprint density at radius 2 is 1.64 bits per heavy atom. The highest BCUT2D eigenvalue weighted by Gasteiger charge is 2.34. The zero-order valence-corrected chi connectivity index (χ0v) is 12.0. The van der Waals surface area contributed by atoms with E-state index in [1.165, 1.54) is 0 Å². The lowest BCUT2D eigenvalue weighted by molar-refractivity contribution is -0.121. The van der Waals surface area contributed by atoms with Crippen LogP contribution in [0, 0.1) is 0 Å². The molecule has 2 rings (SSSR count). The van der Waals surface area contributed by atoms with Gasteiger partial charge in [-0.1, -0.05) is 12.1 Å². The van der Waals surface area contributed by atoms with Crippen molar-refractivity contribution in [1.29, 1.82) is 0 Å². The summed E-state index contributed by atoms with van der Waals surface area (Å²) in [6, 6.07) is 6.62. The van der Waals surface area contributed by atoms with Crippen molar-refractivity contribution in [3.05, 3.63) is 35.4 Å². The van der Waals surface area contributed by atoms with E-state index in [1.54, 1.807) is 24.3 Å². The van der Waals surface area contributed by atoms with Gasteiger partial charge in [-0.3, -0.25) is 24.1 Å². The molecule has 3 N–H and O–H groups in total. The maximum atomic E-state index is 12.1. The first-order valence-corrected chi connectivity index (χ1v) is 7.01. The lowest BCUT2D eigenvalue weighted by atomic mass is 10.1. The number of hydrogen-bond acceptors (Lipinski definition) is 4. The number of amides is 4. The fourth-order valence-corrected chi connectivity index (χ4v) is 2.26. The molecule has 1 aliphatic heterocycles. The minimum atomic E-state index is -0.446. The van der Waals surface area contributed by atoms with Gasteiger partial charge >= 0.3 is 0 Å². The Labute approximate surface area is 127 Å². The van der Waals surface area contributed by atoms with Gasteiger partial charge in [0.15, 0.2) is 0 Å². The minimum Gasteiger partial charge on any atom is -0.370 e. The van der Waals surface area contributed by atoms with Crippen LogP contribution in [-0.2, 0) is 9.59 Å². The molecule has 0 atom stereocenters. The molecule has 0 bridgehead atoms. The molecule has 0 fully saturated rings. The monoisotopic (exact) mass is 303 g/mol. The summed E-state index contributed by atoms with van der Waals surface area (Å²) < 4.78 is 0. The van der Waals surface area contributed by atoms with Crippen LogP contribution < -0.4 is 11.1 Å². The molecule has 1 aliphatic rings. The second kappa shape index (κ2) is 6.84. The number of carbonyl (C=O) groups is 4. The van der Waals surface area contributed by atoms with E-state index < -0.39 is 5.91 Å². The SMILES string of the molecule is NC(=O)CCCC(=O)NCCN1C(=O)c2ccccc2C1=O. The van der Waals surface area contributed by atoms with Crippen molar-refractivity contribution in [1.82, 2.24) is 10.2 Å². The standard InChI is InChI=1S/C15H17N3O4/c16-12(19)6-3-7-13(20)17-8-9-18-14(21)10-4-1-2-5-11(10)15(18)22/h1-2,4-5H,3,6-9H2,(H2,16,19)(H,17,20). The van der Waals surface area contributed by atoms with E-state index in [1.807, 2.05) is 0 Å². The minimum absolute atomic E-state index is 0.119. The largest absolute Gasteiger partial charge is 0.370 e. The van der Waals surface area contributed by atoms with Gasteiger partial charge in [0.2, 0.25) is 11.8 Å². The maximum absolute atomic E-state index is 12.1.